The lowest BCUT2D eigenvalue weighted by Crippen LogP contribution is -2.38. The maximum Gasteiger partial charge on any atom is 0.416 e. The third-order valence-electron chi connectivity index (χ3n) is 3.25. The summed E-state index contributed by atoms with van der Waals surface area (Å²) in [6, 6.07) is 4.52. The van der Waals surface area contributed by atoms with E-state index < -0.39 is 11.7 Å². The van der Waals surface area contributed by atoms with Crippen molar-refractivity contribution in [2.45, 2.75) is 32.9 Å². The molecule has 140 valence electrons. The zero-order chi connectivity index (χ0) is 18.9. The lowest BCUT2D eigenvalue weighted by atomic mass is 10.1. The summed E-state index contributed by atoms with van der Waals surface area (Å²) in [5.74, 6) is -0.0896. The highest BCUT2D eigenvalue weighted by Crippen LogP contribution is 2.31. The second-order valence-electron chi connectivity index (χ2n) is 5.93. The van der Waals surface area contributed by atoms with Crippen molar-refractivity contribution in [3.05, 3.63) is 29.8 Å². The Balaban J connectivity index is 2.23. The molecule has 0 aliphatic carbocycles. The molecule has 0 spiro atoms. The van der Waals surface area contributed by atoms with E-state index in [1.165, 1.54) is 12.1 Å². The maximum absolute atomic E-state index is 12.6. The molecular formula is C17H23F3N2O3. The monoisotopic (exact) mass is 360 g/mol. The minimum Gasteiger partial charge on any atom is -0.492 e. The highest BCUT2D eigenvalue weighted by atomic mass is 19.4. The lowest BCUT2D eigenvalue weighted by Gasteiger charge is -2.11. The van der Waals surface area contributed by atoms with E-state index in [9.17, 15) is 22.8 Å². The molecule has 2 amide bonds. The molecule has 0 saturated heterocycles. The van der Waals surface area contributed by atoms with Gasteiger partial charge in [-0.1, -0.05) is 19.9 Å². The molecule has 0 heterocycles. The zero-order valence-corrected chi connectivity index (χ0v) is 14.3. The van der Waals surface area contributed by atoms with Crippen molar-refractivity contribution in [2.75, 3.05) is 19.7 Å². The largest absolute Gasteiger partial charge is 0.492 e. The first-order valence-corrected chi connectivity index (χ1v) is 8.02. The molecule has 5 nitrogen and oxygen atoms in total. The summed E-state index contributed by atoms with van der Waals surface area (Å²) in [7, 11) is 0. The quantitative estimate of drug-likeness (QED) is 0.666. The minimum atomic E-state index is -4.43. The number of amides is 2. The van der Waals surface area contributed by atoms with Crippen molar-refractivity contribution >= 4 is 11.8 Å². The maximum atomic E-state index is 12.6. The molecule has 0 atom stereocenters. The fourth-order valence-corrected chi connectivity index (χ4v) is 1.87. The number of alkyl halides is 3. The summed E-state index contributed by atoms with van der Waals surface area (Å²) in [6.45, 7) is 4.01. The third-order valence-corrected chi connectivity index (χ3v) is 3.25. The molecule has 1 aromatic carbocycles. The Hall–Kier alpha value is -2.25. The van der Waals surface area contributed by atoms with Crippen LogP contribution in [0.25, 0.3) is 0 Å². The van der Waals surface area contributed by atoms with Crippen molar-refractivity contribution in [1.29, 1.82) is 0 Å². The molecule has 0 saturated carbocycles. The first kappa shape index (κ1) is 20.8. The zero-order valence-electron chi connectivity index (χ0n) is 14.3. The fourth-order valence-electron chi connectivity index (χ4n) is 1.87. The number of benzene rings is 1. The van der Waals surface area contributed by atoms with E-state index in [1.807, 2.05) is 13.8 Å². The van der Waals surface area contributed by atoms with Crippen molar-refractivity contribution < 1.29 is 27.5 Å². The number of carbonyl (C=O) groups excluding carboxylic acids is 2. The van der Waals surface area contributed by atoms with E-state index in [1.54, 1.807) is 0 Å². The minimum absolute atomic E-state index is 0.0222. The predicted octanol–water partition coefficient (Wildman–Crippen LogP) is 2.75. The van der Waals surface area contributed by atoms with Crippen LogP contribution in [0, 0.1) is 5.92 Å². The molecule has 0 radical (unpaired) electrons. The number of halogens is 3. The topological polar surface area (TPSA) is 67.4 Å². The smallest absolute Gasteiger partial charge is 0.416 e. The van der Waals surface area contributed by atoms with Gasteiger partial charge < -0.3 is 15.4 Å². The van der Waals surface area contributed by atoms with Crippen LogP contribution >= 0.6 is 0 Å². The van der Waals surface area contributed by atoms with E-state index in [4.69, 9.17) is 4.74 Å². The van der Waals surface area contributed by atoms with Crippen LogP contribution in [0.5, 0.6) is 5.75 Å². The standard InChI is InChI=1S/C17H23F3N2O3/c1-12(2)6-7-15(23)22-11-16(24)21-8-9-25-14-5-3-4-13(10-14)17(18,19)20/h3-5,10,12H,6-9,11H2,1-2H3,(H,21,24)(H,22,23). The molecule has 1 aromatic rings. The molecule has 0 aliphatic rings. The first-order chi connectivity index (χ1) is 11.7. The van der Waals surface area contributed by atoms with Gasteiger partial charge in [0.15, 0.2) is 0 Å². The van der Waals surface area contributed by atoms with Crippen LogP contribution in [0.15, 0.2) is 24.3 Å². The summed E-state index contributed by atoms with van der Waals surface area (Å²) in [4.78, 5) is 23.0. The average Bonchev–Trinajstić information content (AvgIpc) is 2.54. The number of ether oxygens (including phenoxy) is 1. The van der Waals surface area contributed by atoms with Crippen LogP contribution in [0.1, 0.15) is 32.3 Å². The number of hydrogen-bond acceptors (Lipinski definition) is 3. The van der Waals surface area contributed by atoms with Crippen molar-refractivity contribution in [3.63, 3.8) is 0 Å². The van der Waals surface area contributed by atoms with E-state index in [0.29, 0.717) is 12.3 Å². The molecular weight excluding hydrogens is 337 g/mol. The van der Waals surface area contributed by atoms with Gasteiger partial charge in [-0.15, -0.1) is 0 Å². The summed E-state index contributed by atoms with van der Waals surface area (Å²) < 4.78 is 42.9. The Labute approximate surface area is 144 Å². The van der Waals surface area contributed by atoms with Crippen LogP contribution in [0.2, 0.25) is 0 Å². The van der Waals surface area contributed by atoms with Gasteiger partial charge in [0, 0.05) is 6.42 Å². The van der Waals surface area contributed by atoms with Gasteiger partial charge in [0.05, 0.1) is 18.7 Å². The average molecular weight is 360 g/mol. The lowest BCUT2D eigenvalue weighted by molar-refractivity contribution is -0.137. The molecule has 25 heavy (non-hydrogen) atoms. The van der Waals surface area contributed by atoms with Crippen molar-refractivity contribution in [2.24, 2.45) is 5.92 Å². The van der Waals surface area contributed by atoms with Gasteiger partial charge in [0.1, 0.15) is 12.4 Å². The van der Waals surface area contributed by atoms with Crippen LogP contribution in [0.4, 0.5) is 13.2 Å². The van der Waals surface area contributed by atoms with E-state index in [0.717, 1.165) is 18.6 Å². The first-order valence-electron chi connectivity index (χ1n) is 8.02. The van der Waals surface area contributed by atoms with Crippen LogP contribution in [-0.4, -0.2) is 31.5 Å². The Morgan fingerprint density at radius 3 is 2.52 bits per heavy atom. The number of rotatable bonds is 9. The Bertz CT molecular complexity index is 575. The van der Waals surface area contributed by atoms with Gasteiger partial charge in [-0.05, 0) is 30.5 Å². The van der Waals surface area contributed by atoms with Gasteiger partial charge >= 0.3 is 6.18 Å². The van der Waals surface area contributed by atoms with Crippen LogP contribution in [-0.2, 0) is 15.8 Å². The number of nitrogens with one attached hydrogen (secondary N) is 2. The molecule has 8 heteroatoms. The second kappa shape index (κ2) is 9.90. The number of carbonyl (C=O) groups is 2. The Morgan fingerprint density at radius 2 is 1.88 bits per heavy atom. The summed E-state index contributed by atoms with van der Waals surface area (Å²) >= 11 is 0. The van der Waals surface area contributed by atoms with E-state index in [-0.39, 0.29) is 37.3 Å². The van der Waals surface area contributed by atoms with Crippen molar-refractivity contribution in [3.8, 4) is 5.75 Å². The molecule has 0 unspecified atom stereocenters. The summed E-state index contributed by atoms with van der Waals surface area (Å²) in [5, 5.41) is 5.02. The highest BCUT2D eigenvalue weighted by molar-refractivity contribution is 5.84. The molecule has 0 bridgehead atoms. The molecule has 0 aromatic heterocycles. The molecule has 1 rings (SSSR count). The summed E-state index contributed by atoms with van der Waals surface area (Å²) in [6.07, 6.45) is -3.32. The van der Waals surface area contributed by atoms with E-state index >= 15 is 0 Å². The van der Waals surface area contributed by atoms with Gasteiger partial charge in [-0.3, -0.25) is 9.59 Å². The third kappa shape index (κ3) is 8.97. The second-order valence-corrected chi connectivity index (χ2v) is 5.93. The van der Waals surface area contributed by atoms with Crippen molar-refractivity contribution in [1.82, 2.24) is 10.6 Å². The normalized spacial score (nSPS) is 11.3. The van der Waals surface area contributed by atoms with Crippen LogP contribution in [0.3, 0.4) is 0 Å². The Kier molecular flexibility index (Phi) is 8.24. The van der Waals surface area contributed by atoms with Gasteiger partial charge in [-0.2, -0.15) is 13.2 Å². The van der Waals surface area contributed by atoms with Gasteiger partial charge in [0.2, 0.25) is 11.8 Å². The van der Waals surface area contributed by atoms with Crippen LogP contribution < -0.4 is 15.4 Å². The SMILES string of the molecule is CC(C)CCC(=O)NCC(=O)NCCOc1cccc(C(F)(F)F)c1. The molecule has 0 aliphatic heterocycles. The van der Waals surface area contributed by atoms with Gasteiger partial charge in [0.25, 0.3) is 0 Å². The van der Waals surface area contributed by atoms with Gasteiger partial charge in [-0.25, -0.2) is 0 Å². The Morgan fingerprint density at radius 1 is 1.16 bits per heavy atom. The molecule has 2 N–H and O–H groups in total. The predicted molar refractivity (Wildman–Crippen MR) is 87.0 cm³/mol. The van der Waals surface area contributed by atoms with E-state index in [2.05, 4.69) is 10.6 Å². The number of hydrogen-bond donors (Lipinski definition) is 2. The summed E-state index contributed by atoms with van der Waals surface area (Å²) in [5.41, 5.74) is -0.793. The molecule has 0 fully saturated rings. The fraction of sp³-hybridized carbons (Fsp3) is 0.529. The highest BCUT2D eigenvalue weighted by Gasteiger charge is 2.30.